The van der Waals surface area contributed by atoms with E-state index in [0.29, 0.717) is 23.6 Å². The quantitative estimate of drug-likeness (QED) is 0.462. The number of hydrogen-bond donors (Lipinski definition) is 2. The second kappa shape index (κ2) is 7.36. The van der Waals surface area contributed by atoms with Crippen LogP contribution in [0.2, 0.25) is 0 Å². The molecule has 7 nitrogen and oxygen atoms in total. The maximum absolute atomic E-state index is 12.6. The molecule has 0 atom stereocenters. The van der Waals surface area contributed by atoms with E-state index in [1.165, 1.54) is 0 Å². The molecule has 0 aliphatic heterocycles. The number of aromatic nitrogens is 4. The number of carbonyl (C=O) groups is 1. The van der Waals surface area contributed by atoms with Gasteiger partial charge in [0.15, 0.2) is 0 Å². The molecule has 30 heavy (non-hydrogen) atoms. The van der Waals surface area contributed by atoms with Crippen molar-refractivity contribution < 1.29 is 9.53 Å². The lowest BCUT2D eigenvalue weighted by Gasteiger charge is -2.08. The van der Waals surface area contributed by atoms with Crippen molar-refractivity contribution in [1.29, 1.82) is 0 Å². The Labute approximate surface area is 172 Å². The molecule has 0 aliphatic carbocycles. The van der Waals surface area contributed by atoms with Crippen LogP contribution in [0.1, 0.15) is 21.6 Å². The number of aromatic amines is 1. The number of rotatable bonds is 5. The summed E-state index contributed by atoms with van der Waals surface area (Å²) in [6, 6.07) is 16.7. The van der Waals surface area contributed by atoms with E-state index >= 15 is 0 Å². The number of carbonyl (C=O) groups excluding carboxylic acids is 1. The van der Waals surface area contributed by atoms with Gasteiger partial charge in [0.25, 0.3) is 5.91 Å². The van der Waals surface area contributed by atoms with Crippen LogP contribution in [0.15, 0.2) is 73.2 Å². The van der Waals surface area contributed by atoms with Crippen LogP contribution in [-0.4, -0.2) is 25.5 Å². The van der Waals surface area contributed by atoms with Crippen molar-refractivity contribution in [3.05, 3.63) is 90.0 Å². The van der Waals surface area contributed by atoms with Gasteiger partial charge in [-0.1, -0.05) is 18.2 Å². The van der Waals surface area contributed by atoms with Gasteiger partial charge in [-0.3, -0.25) is 9.89 Å². The molecule has 0 fully saturated rings. The van der Waals surface area contributed by atoms with Gasteiger partial charge < -0.3 is 14.5 Å². The average molecular weight is 397 g/mol. The molecule has 5 rings (SSSR count). The number of pyridine rings is 1. The molecular formula is C23H19N5O2. The van der Waals surface area contributed by atoms with Crippen molar-refractivity contribution >= 4 is 28.1 Å². The summed E-state index contributed by atoms with van der Waals surface area (Å²) in [7, 11) is 0. The van der Waals surface area contributed by atoms with Crippen LogP contribution in [-0.2, 0) is 6.61 Å². The van der Waals surface area contributed by atoms with E-state index in [2.05, 4.69) is 20.5 Å². The van der Waals surface area contributed by atoms with Gasteiger partial charge in [-0.25, -0.2) is 4.98 Å². The number of hydrogen-bond acceptors (Lipinski definition) is 4. The largest absolute Gasteiger partial charge is 0.487 e. The number of amides is 1. The predicted molar refractivity (Wildman–Crippen MR) is 115 cm³/mol. The average Bonchev–Trinajstić information content (AvgIpc) is 3.41. The van der Waals surface area contributed by atoms with E-state index in [1.54, 1.807) is 30.5 Å². The Balaban J connectivity index is 1.26. The van der Waals surface area contributed by atoms with Gasteiger partial charge >= 0.3 is 0 Å². The number of fused-ring (bicyclic) bond motifs is 2. The second-order valence-corrected chi connectivity index (χ2v) is 7.06. The molecule has 2 N–H and O–H groups in total. The second-order valence-electron chi connectivity index (χ2n) is 7.06. The molecule has 0 aliphatic rings. The topological polar surface area (TPSA) is 84.3 Å². The maximum Gasteiger partial charge on any atom is 0.255 e. The number of aryl methyl sites for hydroxylation is 1. The monoisotopic (exact) mass is 397 g/mol. The van der Waals surface area contributed by atoms with E-state index in [4.69, 9.17) is 4.74 Å². The van der Waals surface area contributed by atoms with Gasteiger partial charge in [-0.05, 0) is 48.9 Å². The molecule has 0 bridgehead atoms. The van der Waals surface area contributed by atoms with Crippen LogP contribution in [0, 0.1) is 6.92 Å². The fourth-order valence-corrected chi connectivity index (χ4v) is 3.40. The number of anilines is 1. The zero-order chi connectivity index (χ0) is 20.5. The minimum atomic E-state index is -0.195. The first-order valence-corrected chi connectivity index (χ1v) is 9.57. The Morgan fingerprint density at radius 1 is 1.13 bits per heavy atom. The van der Waals surface area contributed by atoms with Crippen LogP contribution in [0.4, 0.5) is 5.69 Å². The molecule has 3 aromatic heterocycles. The first kappa shape index (κ1) is 17.9. The summed E-state index contributed by atoms with van der Waals surface area (Å²) in [5, 5.41) is 10.8. The first-order valence-electron chi connectivity index (χ1n) is 9.57. The van der Waals surface area contributed by atoms with Gasteiger partial charge in [0.2, 0.25) is 0 Å². The van der Waals surface area contributed by atoms with E-state index in [9.17, 15) is 4.79 Å². The van der Waals surface area contributed by atoms with Crippen LogP contribution in [0.3, 0.4) is 0 Å². The van der Waals surface area contributed by atoms with E-state index in [-0.39, 0.29) is 5.91 Å². The molecule has 7 heteroatoms. The molecule has 2 aromatic carbocycles. The smallest absolute Gasteiger partial charge is 0.255 e. The molecule has 148 valence electrons. The van der Waals surface area contributed by atoms with E-state index in [1.807, 2.05) is 54.0 Å². The number of nitrogens with one attached hydrogen (secondary N) is 2. The molecule has 0 spiro atoms. The van der Waals surface area contributed by atoms with E-state index < -0.39 is 0 Å². The Kier molecular flexibility index (Phi) is 4.40. The van der Waals surface area contributed by atoms with Crippen LogP contribution in [0.5, 0.6) is 5.75 Å². The highest BCUT2D eigenvalue weighted by Gasteiger charge is 2.10. The summed E-state index contributed by atoms with van der Waals surface area (Å²) in [4.78, 5) is 17.2. The van der Waals surface area contributed by atoms with Gasteiger partial charge in [0.1, 0.15) is 18.0 Å². The Bertz CT molecular complexity index is 1350. The van der Waals surface area contributed by atoms with Gasteiger partial charge in [-0.2, -0.15) is 5.10 Å². The summed E-state index contributed by atoms with van der Waals surface area (Å²) >= 11 is 0. The summed E-state index contributed by atoms with van der Waals surface area (Å²) in [6.07, 6.45) is 5.65. The number of benzene rings is 2. The molecule has 5 aromatic rings. The Morgan fingerprint density at radius 2 is 2.00 bits per heavy atom. The van der Waals surface area contributed by atoms with Gasteiger partial charge in [-0.15, -0.1) is 0 Å². The van der Waals surface area contributed by atoms with Gasteiger partial charge in [0, 0.05) is 23.3 Å². The highest BCUT2D eigenvalue weighted by molar-refractivity contribution is 6.08. The van der Waals surface area contributed by atoms with Crippen molar-refractivity contribution in [3.63, 3.8) is 0 Å². The van der Waals surface area contributed by atoms with Gasteiger partial charge in [0.05, 0.1) is 23.1 Å². The Morgan fingerprint density at radius 3 is 2.83 bits per heavy atom. The molecular weight excluding hydrogens is 378 g/mol. The third-order valence-electron chi connectivity index (χ3n) is 4.96. The number of ether oxygens (including phenoxy) is 1. The highest BCUT2D eigenvalue weighted by atomic mass is 16.5. The molecule has 0 saturated heterocycles. The summed E-state index contributed by atoms with van der Waals surface area (Å²) < 4.78 is 7.83. The zero-order valence-corrected chi connectivity index (χ0v) is 16.3. The Hall–Kier alpha value is -4.13. The third kappa shape index (κ3) is 3.37. The highest BCUT2D eigenvalue weighted by Crippen LogP contribution is 2.22. The van der Waals surface area contributed by atoms with Crippen LogP contribution in [0.25, 0.3) is 16.6 Å². The minimum Gasteiger partial charge on any atom is -0.487 e. The fourth-order valence-electron chi connectivity index (χ4n) is 3.40. The lowest BCUT2D eigenvalue weighted by Crippen LogP contribution is -2.12. The minimum absolute atomic E-state index is 0.195. The zero-order valence-electron chi connectivity index (χ0n) is 16.3. The van der Waals surface area contributed by atoms with Crippen molar-refractivity contribution in [1.82, 2.24) is 19.6 Å². The van der Waals surface area contributed by atoms with Crippen molar-refractivity contribution in [2.45, 2.75) is 13.5 Å². The van der Waals surface area contributed by atoms with Crippen molar-refractivity contribution in [2.75, 3.05) is 5.32 Å². The fraction of sp³-hybridized carbons (Fsp3) is 0.0870. The molecule has 0 radical (unpaired) electrons. The van der Waals surface area contributed by atoms with Crippen LogP contribution < -0.4 is 10.1 Å². The van der Waals surface area contributed by atoms with Crippen LogP contribution >= 0.6 is 0 Å². The number of imidazole rings is 1. The summed E-state index contributed by atoms with van der Waals surface area (Å²) in [5.74, 6) is 0.482. The molecule has 0 saturated carbocycles. The predicted octanol–water partition coefficient (Wildman–Crippen LogP) is 4.35. The standard InChI is InChI=1S/C23H19N5O2/c1-15-4-3-11-28-13-18(25-22(15)28)14-30-19-9-7-16(8-10-19)23(29)26-20-6-2-5-17-12-24-27-21(17)20/h2-13H,14H2,1H3,(H,24,27)(H,26,29). The normalized spacial score (nSPS) is 11.1. The van der Waals surface area contributed by atoms with Crippen molar-refractivity contribution in [2.24, 2.45) is 0 Å². The SMILES string of the molecule is Cc1cccn2cc(COc3ccc(C(=O)Nc4cccc5cn[nH]c45)cc3)nc12. The lowest BCUT2D eigenvalue weighted by molar-refractivity contribution is 0.102. The number of nitrogens with zero attached hydrogens (tertiary/aromatic N) is 3. The summed E-state index contributed by atoms with van der Waals surface area (Å²) in [5.41, 5.74) is 4.92. The maximum atomic E-state index is 12.6. The lowest BCUT2D eigenvalue weighted by atomic mass is 10.2. The number of H-pyrrole nitrogens is 1. The third-order valence-corrected chi connectivity index (χ3v) is 4.96. The number of para-hydroxylation sites is 1. The van der Waals surface area contributed by atoms with Crippen molar-refractivity contribution in [3.8, 4) is 5.75 Å². The van der Waals surface area contributed by atoms with E-state index in [0.717, 1.165) is 27.8 Å². The molecule has 1 amide bonds. The summed E-state index contributed by atoms with van der Waals surface area (Å²) in [6.45, 7) is 2.39. The molecule has 0 unspecified atom stereocenters. The molecule has 3 heterocycles. The first-order chi connectivity index (χ1) is 14.7.